The fraction of sp³-hybridized carbons (Fsp3) is 0.263. The molecule has 28 heavy (non-hydrogen) atoms. The molecule has 150 valence electrons. The Kier molecular flexibility index (Phi) is 6.63. The second-order valence-corrected chi connectivity index (χ2v) is 7.88. The lowest BCUT2D eigenvalue weighted by Crippen LogP contribution is -2.25. The van der Waals surface area contributed by atoms with E-state index in [1.54, 1.807) is 37.3 Å². The molecule has 0 spiro atoms. The van der Waals surface area contributed by atoms with Gasteiger partial charge in [-0.25, -0.2) is 13.2 Å². The van der Waals surface area contributed by atoms with Crippen molar-refractivity contribution in [1.82, 2.24) is 0 Å². The minimum atomic E-state index is -3.48. The highest BCUT2D eigenvalue weighted by Gasteiger charge is 2.18. The molecule has 9 heteroatoms. The number of benzene rings is 2. The Bertz CT molecular complexity index is 970. The topological polar surface area (TPSA) is 102 Å². The summed E-state index contributed by atoms with van der Waals surface area (Å²) in [4.78, 5) is 24.4. The molecule has 1 N–H and O–H groups in total. The largest absolute Gasteiger partial charge is 0.496 e. The third-order valence-corrected chi connectivity index (χ3v) is 5.15. The van der Waals surface area contributed by atoms with Gasteiger partial charge in [-0.15, -0.1) is 0 Å². The SMILES string of the molecule is CCOC(=O)c1ccc(NC(=O)c2cc(N(C)S(C)(=O)=O)ccc2OC)cc1. The average Bonchev–Trinajstić information content (AvgIpc) is 2.66. The van der Waals surface area contributed by atoms with Gasteiger partial charge in [-0.1, -0.05) is 0 Å². The van der Waals surface area contributed by atoms with Gasteiger partial charge in [0.05, 0.1) is 36.8 Å². The number of carbonyl (C=O) groups excluding carboxylic acids is 2. The molecule has 0 aliphatic rings. The number of anilines is 2. The molecule has 2 rings (SSSR count). The Balaban J connectivity index is 2.27. The molecule has 0 atom stereocenters. The second-order valence-electron chi connectivity index (χ2n) is 5.87. The molecule has 0 heterocycles. The summed E-state index contributed by atoms with van der Waals surface area (Å²) in [5.41, 5.74) is 1.33. The van der Waals surface area contributed by atoms with Gasteiger partial charge in [0.2, 0.25) is 10.0 Å². The molecule has 0 saturated heterocycles. The van der Waals surface area contributed by atoms with Crippen LogP contribution in [0.4, 0.5) is 11.4 Å². The zero-order valence-electron chi connectivity index (χ0n) is 16.1. The smallest absolute Gasteiger partial charge is 0.338 e. The Labute approximate surface area is 164 Å². The van der Waals surface area contributed by atoms with E-state index in [1.165, 1.54) is 26.3 Å². The number of hydrogen-bond donors (Lipinski definition) is 1. The van der Waals surface area contributed by atoms with Crippen molar-refractivity contribution in [2.24, 2.45) is 0 Å². The van der Waals surface area contributed by atoms with E-state index in [-0.39, 0.29) is 12.2 Å². The first-order chi connectivity index (χ1) is 13.2. The number of hydrogen-bond acceptors (Lipinski definition) is 6. The Morgan fingerprint density at radius 1 is 1.11 bits per heavy atom. The number of nitrogens with one attached hydrogen (secondary N) is 1. The third-order valence-electron chi connectivity index (χ3n) is 3.94. The summed E-state index contributed by atoms with van der Waals surface area (Å²) < 4.78 is 34.7. The monoisotopic (exact) mass is 406 g/mol. The van der Waals surface area contributed by atoms with Gasteiger partial charge in [0, 0.05) is 12.7 Å². The predicted octanol–water partition coefficient (Wildman–Crippen LogP) is 2.52. The number of methoxy groups -OCH3 is 1. The van der Waals surface area contributed by atoms with Gasteiger partial charge < -0.3 is 14.8 Å². The van der Waals surface area contributed by atoms with Crippen molar-refractivity contribution in [2.45, 2.75) is 6.92 Å². The summed E-state index contributed by atoms with van der Waals surface area (Å²) in [6, 6.07) is 10.7. The number of sulfonamides is 1. The molecule has 0 aliphatic carbocycles. The highest BCUT2D eigenvalue weighted by molar-refractivity contribution is 7.92. The zero-order chi connectivity index (χ0) is 20.9. The summed E-state index contributed by atoms with van der Waals surface area (Å²) in [6.07, 6.45) is 1.07. The van der Waals surface area contributed by atoms with Crippen LogP contribution in [-0.4, -0.2) is 47.3 Å². The van der Waals surface area contributed by atoms with Crippen LogP contribution in [-0.2, 0) is 14.8 Å². The standard InChI is InChI=1S/C19H22N2O6S/c1-5-27-19(23)13-6-8-14(9-7-13)20-18(22)16-12-15(10-11-17(16)26-3)21(2)28(4,24)25/h6-12H,5H2,1-4H3,(H,20,22). The zero-order valence-corrected chi connectivity index (χ0v) is 16.9. The number of nitrogens with zero attached hydrogens (tertiary/aromatic N) is 1. The third kappa shape index (κ3) is 5.01. The van der Waals surface area contributed by atoms with E-state index in [0.29, 0.717) is 22.7 Å². The van der Waals surface area contributed by atoms with E-state index in [2.05, 4.69) is 5.32 Å². The lowest BCUT2D eigenvalue weighted by Gasteiger charge is -2.18. The van der Waals surface area contributed by atoms with Crippen molar-refractivity contribution in [1.29, 1.82) is 0 Å². The average molecular weight is 406 g/mol. The molecule has 2 aromatic rings. The number of ether oxygens (including phenoxy) is 2. The molecule has 0 bridgehead atoms. The first kappa shape index (κ1) is 21.2. The van der Waals surface area contributed by atoms with Crippen molar-refractivity contribution in [3.63, 3.8) is 0 Å². The van der Waals surface area contributed by atoms with E-state index >= 15 is 0 Å². The highest BCUT2D eigenvalue weighted by atomic mass is 32.2. The van der Waals surface area contributed by atoms with Gasteiger partial charge in [-0.3, -0.25) is 9.10 Å². The van der Waals surface area contributed by atoms with Crippen molar-refractivity contribution in [3.8, 4) is 5.75 Å². The minimum Gasteiger partial charge on any atom is -0.496 e. The summed E-state index contributed by atoms with van der Waals surface area (Å²) in [5.74, 6) is -0.630. The number of carbonyl (C=O) groups is 2. The van der Waals surface area contributed by atoms with Gasteiger partial charge in [-0.2, -0.15) is 0 Å². The maximum atomic E-state index is 12.7. The van der Waals surface area contributed by atoms with E-state index in [4.69, 9.17) is 9.47 Å². The molecule has 0 unspecified atom stereocenters. The van der Waals surface area contributed by atoms with Gasteiger partial charge in [0.1, 0.15) is 5.75 Å². The molecule has 8 nitrogen and oxygen atoms in total. The predicted molar refractivity (Wildman–Crippen MR) is 107 cm³/mol. The quantitative estimate of drug-likeness (QED) is 0.709. The minimum absolute atomic E-state index is 0.171. The number of rotatable bonds is 7. The Hall–Kier alpha value is -3.07. The fourth-order valence-electron chi connectivity index (χ4n) is 2.36. The van der Waals surface area contributed by atoms with Crippen molar-refractivity contribution in [3.05, 3.63) is 53.6 Å². The summed E-state index contributed by atoms with van der Waals surface area (Å²) in [6.45, 7) is 1.99. The molecule has 2 aromatic carbocycles. The second kappa shape index (κ2) is 8.75. The van der Waals surface area contributed by atoms with Gasteiger partial charge >= 0.3 is 5.97 Å². The number of amides is 1. The van der Waals surface area contributed by atoms with Crippen molar-refractivity contribution in [2.75, 3.05) is 36.6 Å². The van der Waals surface area contributed by atoms with Crippen molar-refractivity contribution < 1.29 is 27.5 Å². The lowest BCUT2D eigenvalue weighted by molar-refractivity contribution is 0.0526. The molecular weight excluding hydrogens is 384 g/mol. The van der Waals surface area contributed by atoms with E-state index < -0.39 is 21.9 Å². The Morgan fingerprint density at radius 2 is 1.75 bits per heavy atom. The van der Waals surface area contributed by atoms with Gasteiger partial charge in [0.25, 0.3) is 5.91 Å². The van der Waals surface area contributed by atoms with Crippen molar-refractivity contribution >= 4 is 33.3 Å². The molecule has 1 amide bonds. The maximum Gasteiger partial charge on any atom is 0.338 e. The first-order valence-electron chi connectivity index (χ1n) is 8.37. The molecular formula is C19H22N2O6S. The van der Waals surface area contributed by atoms with E-state index in [9.17, 15) is 18.0 Å². The first-order valence-corrected chi connectivity index (χ1v) is 10.2. The maximum absolute atomic E-state index is 12.7. The van der Waals surface area contributed by atoms with Crippen LogP contribution in [0, 0.1) is 0 Å². The molecule has 0 saturated carbocycles. The molecule has 0 aliphatic heterocycles. The molecule has 0 aromatic heterocycles. The fourth-order valence-corrected chi connectivity index (χ4v) is 2.86. The van der Waals surface area contributed by atoms with Crippen LogP contribution in [0.25, 0.3) is 0 Å². The van der Waals surface area contributed by atoms with E-state index in [1.807, 2.05) is 0 Å². The summed E-state index contributed by atoms with van der Waals surface area (Å²) >= 11 is 0. The van der Waals surface area contributed by atoms with Gasteiger partial charge in [-0.05, 0) is 49.4 Å². The van der Waals surface area contributed by atoms with Crippen LogP contribution in [0.15, 0.2) is 42.5 Å². The molecule has 0 fully saturated rings. The van der Waals surface area contributed by atoms with Crippen LogP contribution in [0.1, 0.15) is 27.6 Å². The summed E-state index contributed by atoms with van der Waals surface area (Å²) in [7, 11) is -0.665. The van der Waals surface area contributed by atoms with Crippen LogP contribution in [0.3, 0.4) is 0 Å². The van der Waals surface area contributed by atoms with E-state index in [0.717, 1.165) is 10.6 Å². The van der Waals surface area contributed by atoms with Crippen LogP contribution < -0.4 is 14.4 Å². The van der Waals surface area contributed by atoms with Gasteiger partial charge in [0.15, 0.2) is 0 Å². The summed E-state index contributed by atoms with van der Waals surface area (Å²) in [5, 5.41) is 2.70. The lowest BCUT2D eigenvalue weighted by atomic mass is 10.1. The number of esters is 1. The van der Waals surface area contributed by atoms with Crippen LogP contribution in [0.2, 0.25) is 0 Å². The molecule has 0 radical (unpaired) electrons. The van der Waals surface area contributed by atoms with Crippen LogP contribution in [0.5, 0.6) is 5.75 Å². The highest BCUT2D eigenvalue weighted by Crippen LogP contribution is 2.26. The Morgan fingerprint density at radius 3 is 2.29 bits per heavy atom. The van der Waals surface area contributed by atoms with Crippen LogP contribution >= 0.6 is 0 Å². The normalized spacial score (nSPS) is 10.9.